The molecule has 2 atom stereocenters. The standard InChI is InChI=1S/C15H20Cl2N4O2S/c16-13-5-18-15(17)20-14(13)19-12-3-10-6-21(7-11(10)4-12)24(22,23)8-9-1-2-9/h5,9-12H,1-4,6-8H2,(H,18,19,20). The van der Waals surface area contributed by atoms with Gasteiger partial charge in [0.15, 0.2) is 0 Å². The van der Waals surface area contributed by atoms with Gasteiger partial charge in [0.2, 0.25) is 15.3 Å². The molecule has 9 heteroatoms. The summed E-state index contributed by atoms with van der Waals surface area (Å²) in [6, 6.07) is 0.247. The van der Waals surface area contributed by atoms with Crippen molar-refractivity contribution >= 4 is 39.0 Å². The molecule has 1 aromatic rings. The predicted octanol–water partition coefficient (Wildman–Crippen LogP) is 2.65. The van der Waals surface area contributed by atoms with Crippen LogP contribution >= 0.6 is 23.2 Å². The fourth-order valence-corrected chi connectivity index (χ4v) is 6.19. The number of sulfonamides is 1. The largest absolute Gasteiger partial charge is 0.366 e. The molecule has 1 saturated heterocycles. The molecule has 3 aliphatic rings. The molecule has 24 heavy (non-hydrogen) atoms. The van der Waals surface area contributed by atoms with E-state index >= 15 is 0 Å². The number of aromatic nitrogens is 2. The summed E-state index contributed by atoms with van der Waals surface area (Å²) in [5.74, 6) is 2.11. The second kappa shape index (κ2) is 6.27. The molecule has 1 aliphatic heterocycles. The van der Waals surface area contributed by atoms with E-state index in [0.717, 1.165) is 25.7 Å². The first-order valence-electron chi connectivity index (χ1n) is 8.33. The summed E-state index contributed by atoms with van der Waals surface area (Å²) in [5.41, 5.74) is 0. The molecule has 132 valence electrons. The van der Waals surface area contributed by atoms with Crippen LogP contribution < -0.4 is 5.32 Å². The van der Waals surface area contributed by atoms with E-state index in [9.17, 15) is 8.42 Å². The van der Waals surface area contributed by atoms with E-state index in [0.29, 0.717) is 47.4 Å². The third-order valence-electron chi connectivity index (χ3n) is 5.31. The van der Waals surface area contributed by atoms with Gasteiger partial charge in [0.1, 0.15) is 10.8 Å². The minimum absolute atomic E-state index is 0.164. The van der Waals surface area contributed by atoms with E-state index in [2.05, 4.69) is 15.3 Å². The van der Waals surface area contributed by atoms with Crippen LogP contribution in [-0.4, -0.2) is 47.6 Å². The first-order chi connectivity index (χ1) is 11.4. The van der Waals surface area contributed by atoms with Gasteiger partial charge >= 0.3 is 0 Å². The number of rotatable bonds is 5. The molecule has 2 saturated carbocycles. The van der Waals surface area contributed by atoms with Crippen LogP contribution in [0.3, 0.4) is 0 Å². The van der Waals surface area contributed by atoms with E-state index in [1.165, 1.54) is 6.20 Å². The Kier molecular flexibility index (Phi) is 4.39. The van der Waals surface area contributed by atoms with Crippen molar-refractivity contribution in [1.82, 2.24) is 14.3 Å². The van der Waals surface area contributed by atoms with Crippen molar-refractivity contribution in [3.63, 3.8) is 0 Å². The molecule has 4 rings (SSSR count). The zero-order valence-corrected chi connectivity index (χ0v) is 15.5. The lowest BCUT2D eigenvalue weighted by Gasteiger charge is -2.20. The van der Waals surface area contributed by atoms with Gasteiger partial charge in [0.05, 0.1) is 11.9 Å². The Morgan fingerprint density at radius 1 is 1.21 bits per heavy atom. The lowest BCUT2D eigenvalue weighted by molar-refractivity contribution is 0.438. The molecule has 6 nitrogen and oxygen atoms in total. The van der Waals surface area contributed by atoms with Crippen LogP contribution in [0.2, 0.25) is 10.3 Å². The van der Waals surface area contributed by atoms with Crippen molar-refractivity contribution in [2.75, 3.05) is 24.2 Å². The van der Waals surface area contributed by atoms with Crippen molar-refractivity contribution in [2.24, 2.45) is 17.8 Å². The van der Waals surface area contributed by atoms with Crippen molar-refractivity contribution in [2.45, 2.75) is 31.7 Å². The summed E-state index contributed by atoms with van der Waals surface area (Å²) < 4.78 is 26.6. The van der Waals surface area contributed by atoms with Gasteiger partial charge in [-0.3, -0.25) is 0 Å². The first-order valence-corrected chi connectivity index (χ1v) is 10.7. The lowest BCUT2D eigenvalue weighted by atomic mass is 10.0. The summed E-state index contributed by atoms with van der Waals surface area (Å²) >= 11 is 11.9. The van der Waals surface area contributed by atoms with Crippen LogP contribution in [0, 0.1) is 17.8 Å². The molecular weight excluding hydrogens is 371 g/mol. The third-order valence-corrected chi connectivity index (χ3v) is 7.75. The average molecular weight is 391 g/mol. The van der Waals surface area contributed by atoms with E-state index in [-0.39, 0.29) is 11.3 Å². The van der Waals surface area contributed by atoms with Crippen LogP contribution in [0.1, 0.15) is 25.7 Å². The Labute approximate surface area is 152 Å². The van der Waals surface area contributed by atoms with Gasteiger partial charge in [-0.2, -0.15) is 4.98 Å². The van der Waals surface area contributed by atoms with Gasteiger partial charge in [-0.15, -0.1) is 0 Å². The monoisotopic (exact) mass is 390 g/mol. The van der Waals surface area contributed by atoms with Crippen LogP contribution in [0.15, 0.2) is 6.20 Å². The highest BCUT2D eigenvalue weighted by molar-refractivity contribution is 7.89. The molecular formula is C15H20Cl2N4O2S. The lowest BCUT2D eigenvalue weighted by Crippen LogP contribution is -2.33. The Hall–Kier alpha value is -0.630. The van der Waals surface area contributed by atoms with E-state index in [4.69, 9.17) is 23.2 Å². The quantitative estimate of drug-likeness (QED) is 0.782. The molecule has 0 bridgehead atoms. The smallest absolute Gasteiger partial charge is 0.224 e. The van der Waals surface area contributed by atoms with Gasteiger partial charge < -0.3 is 5.32 Å². The SMILES string of the molecule is O=S(=O)(CC1CC1)N1CC2CC(Nc3nc(Cl)ncc3Cl)CC2C1. The number of anilines is 1. The Morgan fingerprint density at radius 2 is 1.88 bits per heavy atom. The van der Waals surface area contributed by atoms with Crippen LogP contribution in [0.4, 0.5) is 5.82 Å². The predicted molar refractivity (Wildman–Crippen MR) is 93.8 cm³/mol. The fourth-order valence-electron chi connectivity index (χ4n) is 3.93. The van der Waals surface area contributed by atoms with Gasteiger partial charge in [0, 0.05) is 19.1 Å². The fraction of sp³-hybridized carbons (Fsp3) is 0.733. The zero-order chi connectivity index (χ0) is 16.9. The second-order valence-electron chi connectivity index (χ2n) is 7.21. The van der Waals surface area contributed by atoms with Crippen molar-refractivity contribution < 1.29 is 8.42 Å². The highest BCUT2D eigenvalue weighted by Crippen LogP contribution is 2.41. The van der Waals surface area contributed by atoms with Gasteiger partial charge in [-0.05, 0) is 55.0 Å². The number of nitrogens with one attached hydrogen (secondary N) is 1. The van der Waals surface area contributed by atoms with Gasteiger partial charge in [0.25, 0.3) is 0 Å². The minimum Gasteiger partial charge on any atom is -0.366 e. The zero-order valence-electron chi connectivity index (χ0n) is 13.2. The number of hydrogen-bond donors (Lipinski definition) is 1. The number of nitrogens with zero attached hydrogens (tertiary/aromatic N) is 3. The molecule has 2 unspecified atom stereocenters. The highest BCUT2D eigenvalue weighted by atomic mass is 35.5. The van der Waals surface area contributed by atoms with Crippen molar-refractivity contribution in [3.05, 3.63) is 16.5 Å². The average Bonchev–Trinajstić information content (AvgIpc) is 3.07. The third kappa shape index (κ3) is 3.49. The number of hydrogen-bond acceptors (Lipinski definition) is 5. The summed E-state index contributed by atoms with van der Waals surface area (Å²) in [6.45, 7) is 1.30. The molecule has 1 N–H and O–H groups in total. The normalized spacial score (nSPS) is 30.5. The molecule has 0 amide bonds. The molecule has 3 fully saturated rings. The van der Waals surface area contributed by atoms with E-state index in [1.807, 2.05) is 0 Å². The first kappa shape index (κ1) is 16.8. The molecule has 0 spiro atoms. The summed E-state index contributed by atoms with van der Waals surface area (Å²) in [7, 11) is -3.07. The molecule has 2 aliphatic carbocycles. The highest BCUT2D eigenvalue weighted by Gasteiger charge is 2.45. The molecule has 0 radical (unpaired) electrons. The van der Waals surface area contributed by atoms with Crippen LogP contribution in [0.5, 0.6) is 0 Å². The van der Waals surface area contributed by atoms with E-state index < -0.39 is 10.0 Å². The van der Waals surface area contributed by atoms with Crippen molar-refractivity contribution in [1.29, 1.82) is 0 Å². The molecule has 0 aromatic carbocycles. The van der Waals surface area contributed by atoms with Crippen molar-refractivity contribution in [3.8, 4) is 0 Å². The van der Waals surface area contributed by atoms with Crippen LogP contribution in [0.25, 0.3) is 0 Å². The van der Waals surface area contributed by atoms with Crippen LogP contribution in [-0.2, 0) is 10.0 Å². The Bertz CT molecular complexity index is 727. The maximum atomic E-state index is 12.4. The maximum absolute atomic E-state index is 12.4. The topological polar surface area (TPSA) is 75.2 Å². The van der Waals surface area contributed by atoms with E-state index in [1.54, 1.807) is 4.31 Å². The summed E-state index contributed by atoms with van der Waals surface area (Å²) in [6.07, 6.45) is 5.47. The molecule has 2 heterocycles. The number of fused-ring (bicyclic) bond motifs is 1. The second-order valence-corrected chi connectivity index (χ2v) is 9.97. The Morgan fingerprint density at radius 3 is 2.50 bits per heavy atom. The summed E-state index contributed by atoms with van der Waals surface area (Å²) in [5, 5.41) is 3.95. The Balaban J connectivity index is 1.36. The molecule has 1 aromatic heterocycles. The summed E-state index contributed by atoms with van der Waals surface area (Å²) in [4.78, 5) is 7.97. The maximum Gasteiger partial charge on any atom is 0.224 e. The van der Waals surface area contributed by atoms with Gasteiger partial charge in [-0.25, -0.2) is 17.7 Å². The minimum atomic E-state index is -3.07. The van der Waals surface area contributed by atoms with Gasteiger partial charge in [-0.1, -0.05) is 11.6 Å². The number of halogens is 2.